The molecule has 150 valence electrons. The molecular formula is C20H25FN4O2S. The summed E-state index contributed by atoms with van der Waals surface area (Å²) < 4.78 is 13.6. The first-order chi connectivity index (χ1) is 13.4. The molecule has 2 aromatic rings. The number of nitrogens with one attached hydrogen (secondary N) is 2. The van der Waals surface area contributed by atoms with Crippen LogP contribution in [0.25, 0.3) is 0 Å². The van der Waals surface area contributed by atoms with Gasteiger partial charge in [0, 0.05) is 25.0 Å². The Morgan fingerprint density at radius 1 is 1.25 bits per heavy atom. The predicted octanol–water partition coefficient (Wildman–Crippen LogP) is 3.13. The number of halogens is 1. The normalized spacial score (nSPS) is 20.0. The minimum absolute atomic E-state index is 0.0863. The van der Waals surface area contributed by atoms with Gasteiger partial charge in [-0.25, -0.2) is 9.37 Å². The fraction of sp³-hybridized carbons (Fsp3) is 0.450. The molecule has 28 heavy (non-hydrogen) atoms. The second-order valence-corrected chi connectivity index (χ2v) is 8.35. The zero-order chi connectivity index (χ0) is 20.1. The number of hydrogen-bond acceptors (Lipinski definition) is 5. The van der Waals surface area contributed by atoms with Crippen LogP contribution < -0.4 is 10.6 Å². The maximum absolute atomic E-state index is 13.6. The topological polar surface area (TPSA) is 74.3 Å². The molecule has 1 aromatic carbocycles. The second kappa shape index (κ2) is 9.25. The third-order valence-corrected chi connectivity index (χ3v) is 5.46. The van der Waals surface area contributed by atoms with Crippen molar-refractivity contribution in [2.24, 2.45) is 11.8 Å². The molecule has 2 amide bonds. The van der Waals surface area contributed by atoms with Gasteiger partial charge in [-0.2, -0.15) is 0 Å². The van der Waals surface area contributed by atoms with Crippen LogP contribution in [0.1, 0.15) is 36.3 Å². The lowest BCUT2D eigenvalue weighted by molar-refractivity contribution is -0.115. The van der Waals surface area contributed by atoms with E-state index in [0.717, 1.165) is 25.3 Å². The average molecular weight is 405 g/mol. The van der Waals surface area contributed by atoms with Crippen molar-refractivity contribution in [3.63, 3.8) is 0 Å². The maximum Gasteiger partial charge on any atom is 0.254 e. The Bertz CT molecular complexity index is 831. The molecule has 0 aliphatic carbocycles. The van der Waals surface area contributed by atoms with E-state index in [-0.39, 0.29) is 12.1 Å². The highest BCUT2D eigenvalue weighted by atomic mass is 32.1. The lowest BCUT2D eigenvalue weighted by Crippen LogP contribution is -2.38. The fourth-order valence-corrected chi connectivity index (χ4v) is 4.37. The van der Waals surface area contributed by atoms with Crippen LogP contribution in [0.3, 0.4) is 0 Å². The van der Waals surface area contributed by atoms with Gasteiger partial charge in [-0.15, -0.1) is 11.3 Å². The zero-order valence-electron chi connectivity index (χ0n) is 16.1. The van der Waals surface area contributed by atoms with E-state index in [1.807, 2.05) is 5.38 Å². The van der Waals surface area contributed by atoms with Gasteiger partial charge in [-0.1, -0.05) is 26.0 Å². The number of carbonyl (C=O) groups excluding carboxylic acids is 2. The highest BCUT2D eigenvalue weighted by Crippen LogP contribution is 2.23. The quantitative estimate of drug-likeness (QED) is 0.776. The van der Waals surface area contributed by atoms with Gasteiger partial charge in [0.1, 0.15) is 5.82 Å². The molecule has 1 aliphatic rings. The average Bonchev–Trinajstić information content (AvgIpc) is 3.06. The van der Waals surface area contributed by atoms with Crippen molar-refractivity contribution < 1.29 is 14.0 Å². The summed E-state index contributed by atoms with van der Waals surface area (Å²) in [4.78, 5) is 30.9. The Kier molecular flexibility index (Phi) is 6.74. The summed E-state index contributed by atoms with van der Waals surface area (Å²) in [7, 11) is 0. The summed E-state index contributed by atoms with van der Waals surface area (Å²) in [5, 5.41) is 7.54. The van der Waals surface area contributed by atoms with Gasteiger partial charge in [0.15, 0.2) is 5.13 Å². The van der Waals surface area contributed by atoms with Crippen molar-refractivity contribution in [2.45, 2.75) is 26.8 Å². The summed E-state index contributed by atoms with van der Waals surface area (Å²) in [6.07, 6.45) is 1.26. The standard InChI is InChI=1S/C20H25FN4O2S/c1-13-7-14(2)10-25(9-13)11-15-12-28-20(23-15)24-18(26)8-22-19(27)16-5-3-4-6-17(16)21/h3-6,12-14H,7-11H2,1-2H3,(H,22,27)(H,23,24,26)/t13-,14-/m0/s1. The van der Waals surface area contributed by atoms with Crippen LogP contribution in [-0.4, -0.2) is 41.3 Å². The van der Waals surface area contributed by atoms with E-state index in [9.17, 15) is 14.0 Å². The van der Waals surface area contributed by atoms with Crippen molar-refractivity contribution in [3.8, 4) is 0 Å². The molecule has 1 aromatic heterocycles. The summed E-state index contributed by atoms with van der Waals surface area (Å²) in [5.41, 5.74) is 0.841. The molecule has 0 unspecified atom stereocenters. The molecule has 1 fully saturated rings. The van der Waals surface area contributed by atoms with Crippen molar-refractivity contribution >= 4 is 28.3 Å². The number of aromatic nitrogens is 1. The molecule has 8 heteroatoms. The number of nitrogens with zero attached hydrogens (tertiary/aromatic N) is 2. The van der Waals surface area contributed by atoms with E-state index in [2.05, 4.69) is 34.4 Å². The lowest BCUT2D eigenvalue weighted by Gasteiger charge is -2.34. The number of benzene rings is 1. The third-order valence-electron chi connectivity index (χ3n) is 4.66. The number of hydrogen-bond donors (Lipinski definition) is 2. The van der Waals surface area contributed by atoms with Crippen molar-refractivity contribution in [3.05, 3.63) is 46.7 Å². The molecule has 2 heterocycles. The van der Waals surface area contributed by atoms with E-state index in [1.165, 1.54) is 36.0 Å². The minimum atomic E-state index is -0.624. The molecule has 0 radical (unpaired) electrons. The van der Waals surface area contributed by atoms with E-state index in [0.29, 0.717) is 17.0 Å². The smallest absolute Gasteiger partial charge is 0.254 e. The Morgan fingerprint density at radius 3 is 2.68 bits per heavy atom. The molecule has 0 bridgehead atoms. The Hall–Kier alpha value is -2.32. The van der Waals surface area contributed by atoms with Gasteiger partial charge in [0.2, 0.25) is 5.91 Å². The van der Waals surface area contributed by atoms with Crippen LogP contribution in [0.2, 0.25) is 0 Å². The largest absolute Gasteiger partial charge is 0.343 e. The molecular weight excluding hydrogens is 379 g/mol. The molecule has 0 spiro atoms. The van der Waals surface area contributed by atoms with Crippen molar-refractivity contribution in [1.82, 2.24) is 15.2 Å². The first-order valence-corrected chi connectivity index (χ1v) is 10.3. The molecule has 1 saturated heterocycles. The number of amides is 2. The van der Waals surface area contributed by atoms with Crippen LogP contribution >= 0.6 is 11.3 Å². The first-order valence-electron chi connectivity index (χ1n) is 9.40. The monoisotopic (exact) mass is 404 g/mol. The van der Waals surface area contributed by atoms with E-state index in [1.54, 1.807) is 6.07 Å². The Morgan fingerprint density at radius 2 is 1.96 bits per heavy atom. The van der Waals surface area contributed by atoms with E-state index in [4.69, 9.17) is 0 Å². The maximum atomic E-state index is 13.6. The highest BCUT2D eigenvalue weighted by molar-refractivity contribution is 7.13. The first kappa shape index (κ1) is 20.4. The molecule has 0 saturated carbocycles. The van der Waals surface area contributed by atoms with Gasteiger partial charge in [-0.3, -0.25) is 14.5 Å². The number of thiazole rings is 1. The summed E-state index contributed by atoms with van der Waals surface area (Å²) in [6.45, 7) is 7.18. The van der Waals surface area contributed by atoms with Crippen LogP contribution in [0.15, 0.2) is 29.6 Å². The zero-order valence-corrected chi connectivity index (χ0v) is 16.9. The number of likely N-dealkylation sites (tertiary alicyclic amines) is 1. The minimum Gasteiger partial charge on any atom is -0.343 e. The van der Waals surface area contributed by atoms with Gasteiger partial charge < -0.3 is 10.6 Å². The molecule has 1 aliphatic heterocycles. The molecule has 2 N–H and O–H groups in total. The van der Waals surface area contributed by atoms with Gasteiger partial charge >= 0.3 is 0 Å². The summed E-state index contributed by atoms with van der Waals surface area (Å²) in [6, 6.07) is 5.65. The SMILES string of the molecule is C[C@H]1C[C@H](C)CN(Cc2csc(NC(=O)CNC(=O)c3ccccc3F)n2)C1. The van der Waals surface area contributed by atoms with Crippen LogP contribution in [0.5, 0.6) is 0 Å². The molecule has 6 nitrogen and oxygen atoms in total. The Balaban J connectivity index is 1.47. The van der Waals surface area contributed by atoms with Crippen LogP contribution in [0.4, 0.5) is 9.52 Å². The predicted molar refractivity (Wildman–Crippen MR) is 108 cm³/mol. The Labute approximate surface area is 168 Å². The van der Waals surface area contributed by atoms with Crippen LogP contribution in [0, 0.1) is 17.7 Å². The number of anilines is 1. The number of piperidine rings is 1. The van der Waals surface area contributed by atoms with Crippen molar-refractivity contribution in [1.29, 1.82) is 0 Å². The van der Waals surface area contributed by atoms with Gasteiger partial charge in [0.05, 0.1) is 17.8 Å². The second-order valence-electron chi connectivity index (χ2n) is 7.49. The summed E-state index contributed by atoms with van der Waals surface area (Å²) >= 11 is 1.36. The number of carbonyl (C=O) groups is 2. The lowest BCUT2D eigenvalue weighted by atomic mass is 9.92. The van der Waals surface area contributed by atoms with E-state index >= 15 is 0 Å². The molecule has 3 rings (SSSR count). The third kappa shape index (κ3) is 5.59. The van der Waals surface area contributed by atoms with Crippen molar-refractivity contribution in [2.75, 3.05) is 25.0 Å². The highest BCUT2D eigenvalue weighted by Gasteiger charge is 2.22. The van der Waals surface area contributed by atoms with Crippen LogP contribution in [-0.2, 0) is 11.3 Å². The molecule has 2 atom stereocenters. The summed E-state index contributed by atoms with van der Waals surface area (Å²) in [5.74, 6) is -0.280. The van der Waals surface area contributed by atoms with Gasteiger partial charge in [0.25, 0.3) is 5.91 Å². The number of rotatable bonds is 6. The van der Waals surface area contributed by atoms with Gasteiger partial charge in [-0.05, 0) is 30.4 Å². The van der Waals surface area contributed by atoms with E-state index < -0.39 is 17.6 Å². The fourth-order valence-electron chi connectivity index (χ4n) is 3.65.